The normalized spacial score (nSPS) is 14.3. The Balaban J connectivity index is 0.000000700. The number of rotatable bonds is 23. The molecule has 1 aliphatic rings. The number of nitrogens with two attached hydrogens (primary N) is 1. The number of methoxy groups -OCH3 is 4. The van der Waals surface area contributed by atoms with Crippen LogP contribution in [-0.2, 0) is 51.0 Å². The SMILES string of the molecule is CC(C)(C)[Si](C)(C)Oc1ccc(C=O)cc1.COC(=O)NC(C(=O)N/N=C\c1ccc(O[Si](C)(C)C(C)(C)C)cc1)C(C)(C)C.COC(=O)NC(C(=O)NN)C(C)(C)C.COC(=O)NC(C(=O)NNCc1ccc(O[Si](C)(C)C(C)(C)C)cc1)C(C)(C)C.COc1ccc(C[C@H](NC(=O)OC(C)(C)C)[C@@H]2CO2)cc1. The van der Waals surface area contributed by atoms with Crippen molar-refractivity contribution in [1.29, 1.82) is 0 Å². The molecule has 0 spiro atoms. The second-order valence-corrected chi connectivity index (χ2v) is 49.2. The first-order valence-electron chi connectivity index (χ1n) is 36.3. The molecule has 0 radical (unpaired) electrons. The van der Waals surface area contributed by atoms with Gasteiger partial charge in [0.25, 0.3) is 17.7 Å². The number of amides is 7. The minimum atomic E-state index is -1.89. The van der Waals surface area contributed by atoms with Gasteiger partial charge in [-0.3, -0.25) is 30.0 Å². The number of ether oxygens (including phenoxy) is 6. The lowest BCUT2D eigenvalue weighted by Gasteiger charge is -2.36. The Bertz CT molecular complexity index is 3530. The second-order valence-electron chi connectivity index (χ2n) is 35.1. The maximum atomic E-state index is 12.5. The number of nitrogens with zero attached hydrogens (tertiary/aromatic N) is 1. The van der Waals surface area contributed by atoms with Crippen molar-refractivity contribution in [3.05, 3.63) is 119 Å². The second kappa shape index (κ2) is 42.6. The van der Waals surface area contributed by atoms with Crippen LogP contribution in [0.15, 0.2) is 102 Å². The van der Waals surface area contributed by atoms with Crippen molar-refractivity contribution in [3.8, 4) is 23.0 Å². The highest BCUT2D eigenvalue weighted by Crippen LogP contribution is 2.40. The van der Waals surface area contributed by atoms with Crippen molar-refractivity contribution >= 4 is 79.5 Å². The van der Waals surface area contributed by atoms with E-state index in [1.807, 2.05) is 173 Å². The topological polar surface area (TPSA) is 358 Å². The number of hydrogen-bond donors (Lipinski definition) is 9. The van der Waals surface area contributed by atoms with Crippen molar-refractivity contribution in [2.24, 2.45) is 27.2 Å². The number of hydrogen-bond acceptors (Lipinski definition) is 20. The van der Waals surface area contributed by atoms with Crippen LogP contribution in [-0.4, -0.2) is 150 Å². The Labute approximate surface area is 652 Å². The van der Waals surface area contributed by atoms with Crippen LogP contribution in [0, 0.1) is 16.2 Å². The lowest BCUT2D eigenvalue weighted by molar-refractivity contribution is -0.127. The van der Waals surface area contributed by atoms with Crippen molar-refractivity contribution in [2.75, 3.05) is 35.0 Å². The van der Waals surface area contributed by atoms with Crippen molar-refractivity contribution in [3.63, 3.8) is 0 Å². The third-order valence-corrected chi connectivity index (χ3v) is 31.3. The van der Waals surface area contributed by atoms with Gasteiger partial charge >= 0.3 is 24.4 Å². The van der Waals surface area contributed by atoms with Gasteiger partial charge in [0.2, 0.25) is 25.0 Å². The molecule has 10 N–H and O–H groups in total. The van der Waals surface area contributed by atoms with Gasteiger partial charge in [-0.1, -0.05) is 149 Å². The van der Waals surface area contributed by atoms with Gasteiger partial charge in [0.15, 0.2) is 0 Å². The molecule has 5 atom stereocenters. The van der Waals surface area contributed by atoms with Crippen LogP contribution >= 0.6 is 0 Å². The molecule has 4 aromatic rings. The minimum Gasteiger partial charge on any atom is -0.544 e. The number of alkyl carbamates (subject to hydrolysis) is 4. The smallest absolute Gasteiger partial charge is 0.407 e. The van der Waals surface area contributed by atoms with Crippen LogP contribution in [0.5, 0.6) is 23.0 Å². The van der Waals surface area contributed by atoms with E-state index in [1.54, 1.807) is 25.5 Å². The van der Waals surface area contributed by atoms with E-state index < -0.39 is 101 Å². The molecule has 7 amide bonds. The van der Waals surface area contributed by atoms with Crippen LogP contribution in [0.2, 0.25) is 54.4 Å². The number of carbonyl (C=O) groups excluding carboxylic acids is 8. The van der Waals surface area contributed by atoms with E-state index in [4.69, 9.17) is 33.3 Å². The van der Waals surface area contributed by atoms with Crippen LogP contribution in [0.4, 0.5) is 19.2 Å². The Morgan fingerprint density at radius 2 is 0.817 bits per heavy atom. The summed E-state index contributed by atoms with van der Waals surface area (Å²) in [7, 11) is -0.124. The number of hydrazine groups is 2. The molecule has 5 rings (SSSR count). The van der Waals surface area contributed by atoms with Crippen molar-refractivity contribution in [2.45, 2.75) is 249 Å². The quantitative estimate of drug-likeness (QED) is 0.00487. The summed E-state index contributed by atoms with van der Waals surface area (Å²) in [6, 6.07) is 28.2. The summed E-state index contributed by atoms with van der Waals surface area (Å²) in [6.07, 6.45) is 0.791. The highest BCUT2D eigenvalue weighted by molar-refractivity contribution is 6.75. The number of carbonyl (C=O) groups is 8. The first kappa shape index (κ1) is 98.5. The first-order chi connectivity index (χ1) is 49.8. The van der Waals surface area contributed by atoms with E-state index in [0.29, 0.717) is 25.1 Å². The molecule has 0 bridgehead atoms. The zero-order valence-corrected chi connectivity index (χ0v) is 73.9. The first-order valence-corrected chi connectivity index (χ1v) is 45.0. The summed E-state index contributed by atoms with van der Waals surface area (Å²) < 4.78 is 48.0. The predicted octanol–water partition coefficient (Wildman–Crippen LogP) is 14.4. The van der Waals surface area contributed by atoms with Gasteiger partial charge in [-0.05, 0) is 187 Å². The Morgan fingerprint density at radius 1 is 0.477 bits per heavy atom. The predicted molar refractivity (Wildman–Crippen MR) is 437 cm³/mol. The van der Waals surface area contributed by atoms with E-state index in [0.717, 1.165) is 46.0 Å². The maximum absolute atomic E-state index is 12.5. The maximum Gasteiger partial charge on any atom is 0.407 e. The number of aldehydes is 1. The molecule has 3 unspecified atom stereocenters. The molecule has 4 aromatic carbocycles. The Kier molecular flexibility index (Phi) is 38.5. The lowest BCUT2D eigenvalue weighted by Crippen LogP contribution is -2.56. The summed E-state index contributed by atoms with van der Waals surface area (Å²) in [5.41, 5.74) is 11.8. The average molecular weight is 1580 g/mol. The van der Waals surface area contributed by atoms with E-state index in [9.17, 15) is 38.4 Å². The van der Waals surface area contributed by atoms with E-state index in [-0.39, 0.29) is 33.2 Å². The highest BCUT2D eigenvalue weighted by atomic mass is 28.4. The monoisotopic (exact) mass is 1580 g/mol. The third-order valence-electron chi connectivity index (χ3n) is 18.2. The minimum absolute atomic E-state index is 0.0691. The number of nitrogens with one attached hydrogen (secondary N) is 8. The van der Waals surface area contributed by atoms with Gasteiger partial charge < -0.3 is 63.0 Å². The summed E-state index contributed by atoms with van der Waals surface area (Å²) in [4.78, 5) is 92.6. The number of epoxide rings is 1. The molecular formula is C79H132N10O17Si3. The summed E-state index contributed by atoms with van der Waals surface area (Å²) in [5, 5.41) is 14.9. The molecule has 0 aliphatic carbocycles. The molecule has 1 heterocycles. The average Bonchev–Trinajstić information content (AvgIpc) is 1.29. The van der Waals surface area contributed by atoms with Crippen molar-refractivity contribution < 1.29 is 80.1 Å². The largest absolute Gasteiger partial charge is 0.544 e. The summed E-state index contributed by atoms with van der Waals surface area (Å²) in [5.74, 6) is 7.15. The highest BCUT2D eigenvalue weighted by Gasteiger charge is 2.42. The number of benzene rings is 4. The van der Waals surface area contributed by atoms with E-state index in [2.05, 4.69) is 158 Å². The van der Waals surface area contributed by atoms with E-state index >= 15 is 0 Å². The van der Waals surface area contributed by atoms with Gasteiger partial charge in [-0.2, -0.15) is 5.10 Å². The molecule has 1 saturated heterocycles. The molecule has 0 aromatic heterocycles. The Hall–Kier alpha value is -8.56. The zero-order valence-electron chi connectivity index (χ0n) is 70.9. The Morgan fingerprint density at radius 3 is 1.14 bits per heavy atom. The molecule has 27 nitrogen and oxygen atoms in total. The molecule has 612 valence electrons. The molecule has 1 fully saturated rings. The zero-order chi connectivity index (χ0) is 84.1. The molecular weight excluding hydrogens is 1450 g/mol. The van der Waals surface area contributed by atoms with Gasteiger partial charge in [0.05, 0.1) is 47.3 Å². The molecule has 109 heavy (non-hydrogen) atoms. The van der Waals surface area contributed by atoms with Gasteiger partial charge in [-0.15, -0.1) is 0 Å². The van der Waals surface area contributed by atoms with Crippen LogP contribution in [0.1, 0.15) is 172 Å². The molecule has 0 saturated carbocycles. The lowest BCUT2D eigenvalue weighted by atomic mass is 9.86. The van der Waals surface area contributed by atoms with Crippen LogP contribution in [0.25, 0.3) is 0 Å². The molecule has 30 heteroatoms. The fourth-order valence-electron chi connectivity index (χ4n) is 8.47. The molecule has 1 aliphatic heterocycles. The fourth-order valence-corrected chi connectivity index (χ4v) is 11.6. The third kappa shape index (κ3) is 37.1. The van der Waals surface area contributed by atoms with Crippen LogP contribution < -0.4 is 66.8 Å². The summed E-state index contributed by atoms with van der Waals surface area (Å²) in [6.45, 7) is 56.3. The standard InChI is InChI=1S/C21H37N3O4Si.C21H35N3O4Si.C16H23NO4.C13H20O2Si.C8H17N3O3/c2*1-20(2,3)17(23-19(26)27-7)18(25)24-22-14-15-10-12-16(13-11-15)28-29(8,9)21(4,5)6;1-16(2,3)21-15(18)17-13(14-10-20-14)9-11-5-7-12(19-4)8-6-11;1-13(2,3)16(4,5)15-12-8-6-11(10-14)7-9-12;1-8(2,3)5(6(12)11-9)10-7(13)14-4/h10-13,17,22H,14H2,1-9H3,(H,23,26)(H,24,25);10-14,17H,1-9H3,(H,23,26)(H,24,25);5-8,13-14H,9-10H2,1-4H3,(H,17,18);6-10H,1-5H3;5H,9H2,1-4H3,(H,10,13)(H,11,12)/b;22-14-;;;/t;;13-,14-;;/m..0../s1. The van der Waals surface area contributed by atoms with Gasteiger partial charge in [0.1, 0.15) is 59.1 Å². The summed E-state index contributed by atoms with van der Waals surface area (Å²) >= 11 is 0. The van der Waals surface area contributed by atoms with Crippen molar-refractivity contribution in [1.82, 2.24) is 43.0 Å². The fraction of sp³-hybridized carbons (Fsp3) is 0.582. The van der Waals surface area contributed by atoms with Crippen LogP contribution in [0.3, 0.4) is 0 Å². The van der Waals surface area contributed by atoms with Gasteiger partial charge in [0, 0.05) is 12.1 Å². The van der Waals surface area contributed by atoms with E-state index in [1.165, 1.54) is 21.3 Å². The van der Waals surface area contributed by atoms with Gasteiger partial charge in [-0.25, -0.2) is 35.9 Å². The number of hydrazone groups is 1.